The van der Waals surface area contributed by atoms with E-state index in [1.807, 2.05) is 4.90 Å². The lowest BCUT2D eigenvalue weighted by Gasteiger charge is -2.35. The van der Waals surface area contributed by atoms with Crippen molar-refractivity contribution < 1.29 is 27.5 Å². The van der Waals surface area contributed by atoms with E-state index in [4.69, 9.17) is 4.74 Å². The second kappa shape index (κ2) is 9.04. The zero-order chi connectivity index (χ0) is 23.7. The van der Waals surface area contributed by atoms with Crippen molar-refractivity contribution in [3.8, 4) is 5.75 Å². The number of hydrogen-bond acceptors (Lipinski definition) is 7. The highest BCUT2D eigenvalue weighted by Gasteiger charge is 2.50. The Bertz CT molecular complexity index is 1010. The van der Waals surface area contributed by atoms with E-state index in [9.17, 15) is 22.8 Å². The minimum atomic E-state index is -3.27. The molecule has 2 aliphatic rings. The van der Waals surface area contributed by atoms with Crippen molar-refractivity contribution in [2.24, 2.45) is 0 Å². The predicted octanol–water partition coefficient (Wildman–Crippen LogP) is -0.151. The van der Waals surface area contributed by atoms with Crippen molar-refractivity contribution in [1.82, 2.24) is 25.0 Å². The number of piperidine rings is 1. The molecule has 3 rings (SSSR count). The molecule has 2 saturated heterocycles. The summed E-state index contributed by atoms with van der Waals surface area (Å²) >= 11 is 0. The van der Waals surface area contributed by atoms with E-state index in [-0.39, 0.29) is 12.6 Å². The van der Waals surface area contributed by atoms with Crippen molar-refractivity contribution in [3.63, 3.8) is 0 Å². The Labute approximate surface area is 187 Å². The first kappa shape index (κ1) is 24.0. The van der Waals surface area contributed by atoms with Gasteiger partial charge in [-0.1, -0.05) is 12.1 Å². The molecule has 0 bridgehead atoms. The second-order valence-electron chi connectivity index (χ2n) is 8.25. The molecule has 0 spiro atoms. The van der Waals surface area contributed by atoms with Gasteiger partial charge in [-0.3, -0.25) is 19.9 Å². The highest BCUT2D eigenvalue weighted by molar-refractivity contribution is 7.88. The summed E-state index contributed by atoms with van der Waals surface area (Å²) in [6.07, 6.45) is 2.35. The van der Waals surface area contributed by atoms with Gasteiger partial charge in [0.1, 0.15) is 11.3 Å². The third-order valence-corrected chi connectivity index (χ3v) is 7.38. The molecule has 11 nitrogen and oxygen atoms in total. The van der Waals surface area contributed by atoms with E-state index in [2.05, 4.69) is 10.7 Å². The zero-order valence-electron chi connectivity index (χ0n) is 18.6. The molecule has 2 N–H and O–H groups in total. The summed E-state index contributed by atoms with van der Waals surface area (Å²) < 4.78 is 30.0. The van der Waals surface area contributed by atoms with Crippen LogP contribution in [-0.2, 0) is 25.2 Å². The van der Waals surface area contributed by atoms with Crippen LogP contribution in [0.15, 0.2) is 24.3 Å². The summed E-state index contributed by atoms with van der Waals surface area (Å²) in [7, 11) is -0.211. The molecule has 0 radical (unpaired) electrons. The number of benzene rings is 1. The Kier molecular flexibility index (Phi) is 6.77. The maximum absolute atomic E-state index is 13.0. The number of hydrogen-bond donors (Lipinski definition) is 2. The molecule has 0 aromatic heterocycles. The average molecular weight is 468 g/mol. The van der Waals surface area contributed by atoms with Crippen LogP contribution in [0.4, 0.5) is 4.79 Å². The maximum atomic E-state index is 13.0. The zero-order valence-corrected chi connectivity index (χ0v) is 19.4. The minimum absolute atomic E-state index is 0.0117. The van der Waals surface area contributed by atoms with Gasteiger partial charge in [-0.2, -0.15) is 5.01 Å². The Morgan fingerprint density at radius 2 is 1.97 bits per heavy atom. The number of nitrogens with one attached hydrogen (secondary N) is 2. The first-order valence-electron chi connectivity index (χ1n) is 10.2. The van der Waals surface area contributed by atoms with Gasteiger partial charge in [0.05, 0.1) is 19.9 Å². The van der Waals surface area contributed by atoms with Crippen LogP contribution in [0.2, 0.25) is 0 Å². The number of urea groups is 1. The van der Waals surface area contributed by atoms with Gasteiger partial charge in [0.25, 0.3) is 11.8 Å². The van der Waals surface area contributed by atoms with Gasteiger partial charge in [0, 0.05) is 26.2 Å². The molecule has 1 atom stereocenters. The molecule has 1 unspecified atom stereocenters. The topological polar surface area (TPSA) is 128 Å². The first-order chi connectivity index (χ1) is 15.0. The Balaban J connectivity index is 1.59. The van der Waals surface area contributed by atoms with Crippen LogP contribution >= 0.6 is 0 Å². The summed E-state index contributed by atoms with van der Waals surface area (Å²) in [6, 6.07) is 5.96. The standard InChI is InChI=1S/C20H29N5O6S/c1-20(14-6-5-7-16(12-14)31-3)18(27)25(19(28)21-20)22-17(26)13-24-10-8-15(9-11-24)23(2)32(4,29)30/h5-7,12,15H,8-11,13H2,1-4H3,(H,21,28)(H,22,26). The number of carbonyl (C=O) groups excluding carboxylic acids is 3. The largest absolute Gasteiger partial charge is 0.497 e. The number of carbonyl (C=O) groups is 3. The lowest BCUT2D eigenvalue weighted by atomic mass is 9.92. The third kappa shape index (κ3) is 4.87. The molecule has 32 heavy (non-hydrogen) atoms. The molecule has 1 aromatic carbocycles. The minimum Gasteiger partial charge on any atom is -0.497 e. The molecule has 2 heterocycles. The lowest BCUT2D eigenvalue weighted by molar-refractivity contribution is -0.139. The van der Waals surface area contributed by atoms with Crippen molar-refractivity contribution >= 4 is 27.9 Å². The van der Waals surface area contributed by atoms with E-state index in [1.54, 1.807) is 38.2 Å². The Morgan fingerprint density at radius 1 is 1.31 bits per heavy atom. The molecule has 1 aromatic rings. The van der Waals surface area contributed by atoms with Crippen molar-refractivity contribution in [2.45, 2.75) is 31.3 Å². The van der Waals surface area contributed by atoms with Gasteiger partial charge in [-0.15, -0.1) is 0 Å². The number of nitrogens with zero attached hydrogens (tertiary/aromatic N) is 3. The number of imide groups is 1. The lowest BCUT2D eigenvalue weighted by Crippen LogP contribution is -2.52. The normalized spacial score (nSPS) is 22.8. The molecule has 2 aliphatic heterocycles. The van der Waals surface area contributed by atoms with Crippen molar-refractivity contribution in [3.05, 3.63) is 29.8 Å². The fraction of sp³-hybridized carbons (Fsp3) is 0.550. The quantitative estimate of drug-likeness (QED) is 0.534. The molecule has 2 fully saturated rings. The summed E-state index contributed by atoms with van der Waals surface area (Å²) in [5.41, 5.74) is 1.58. The monoisotopic (exact) mass is 467 g/mol. The van der Waals surface area contributed by atoms with Crippen LogP contribution in [0.3, 0.4) is 0 Å². The number of methoxy groups -OCH3 is 1. The smallest absolute Gasteiger partial charge is 0.344 e. The first-order valence-corrected chi connectivity index (χ1v) is 12.1. The van der Waals surface area contributed by atoms with Crippen LogP contribution in [0, 0.1) is 0 Å². The molecule has 12 heteroatoms. The summed E-state index contributed by atoms with van der Waals surface area (Å²) in [5, 5.41) is 3.33. The third-order valence-electron chi connectivity index (χ3n) is 6.04. The number of ether oxygens (including phenoxy) is 1. The van der Waals surface area contributed by atoms with E-state index < -0.39 is 33.4 Å². The number of sulfonamides is 1. The van der Waals surface area contributed by atoms with Crippen LogP contribution in [-0.4, -0.2) is 86.6 Å². The van der Waals surface area contributed by atoms with Crippen LogP contribution in [0.25, 0.3) is 0 Å². The Hall–Kier alpha value is -2.70. The SMILES string of the molecule is COc1cccc(C2(C)NC(=O)N(NC(=O)CN3CCC(N(C)S(C)(=O)=O)CC3)C2=O)c1. The fourth-order valence-corrected chi connectivity index (χ4v) is 4.70. The molecule has 176 valence electrons. The van der Waals surface area contributed by atoms with Gasteiger partial charge in [0.15, 0.2) is 0 Å². The van der Waals surface area contributed by atoms with Crippen LogP contribution < -0.4 is 15.5 Å². The van der Waals surface area contributed by atoms with E-state index in [1.165, 1.54) is 17.7 Å². The van der Waals surface area contributed by atoms with E-state index in [0.29, 0.717) is 42.3 Å². The molecule has 0 aliphatic carbocycles. The van der Waals surface area contributed by atoms with Gasteiger partial charge < -0.3 is 10.1 Å². The van der Waals surface area contributed by atoms with Gasteiger partial charge in [0.2, 0.25) is 10.0 Å². The number of rotatable bonds is 7. The molecule has 0 saturated carbocycles. The number of likely N-dealkylation sites (tertiary alicyclic amines) is 1. The van der Waals surface area contributed by atoms with E-state index >= 15 is 0 Å². The van der Waals surface area contributed by atoms with Crippen molar-refractivity contribution in [1.29, 1.82) is 0 Å². The predicted molar refractivity (Wildman–Crippen MR) is 116 cm³/mol. The molecular formula is C20H29N5O6S. The highest BCUT2D eigenvalue weighted by Crippen LogP contribution is 2.30. The van der Waals surface area contributed by atoms with Crippen LogP contribution in [0.1, 0.15) is 25.3 Å². The van der Waals surface area contributed by atoms with Gasteiger partial charge in [-0.05, 0) is 37.5 Å². The highest BCUT2D eigenvalue weighted by atomic mass is 32.2. The number of amides is 4. The second-order valence-corrected chi connectivity index (χ2v) is 10.3. The summed E-state index contributed by atoms with van der Waals surface area (Å²) in [6.45, 7) is 2.61. The average Bonchev–Trinajstić information content (AvgIpc) is 2.97. The number of hydrazine groups is 1. The van der Waals surface area contributed by atoms with Gasteiger partial charge >= 0.3 is 6.03 Å². The summed E-state index contributed by atoms with van der Waals surface area (Å²) in [5.74, 6) is -0.561. The maximum Gasteiger partial charge on any atom is 0.344 e. The molecule has 4 amide bonds. The molecular weight excluding hydrogens is 438 g/mol. The summed E-state index contributed by atoms with van der Waals surface area (Å²) in [4.78, 5) is 39.8. The fourth-order valence-electron chi connectivity index (χ4n) is 3.95. The van der Waals surface area contributed by atoms with E-state index in [0.717, 1.165) is 0 Å². The Morgan fingerprint density at radius 3 is 2.56 bits per heavy atom. The van der Waals surface area contributed by atoms with Crippen molar-refractivity contribution in [2.75, 3.05) is 40.0 Å². The van der Waals surface area contributed by atoms with Gasteiger partial charge in [-0.25, -0.2) is 17.5 Å². The van der Waals surface area contributed by atoms with Crippen LogP contribution in [0.5, 0.6) is 5.75 Å².